The van der Waals surface area contributed by atoms with Crippen molar-refractivity contribution >= 4 is 87.5 Å². The molecule has 0 atom stereocenters. The van der Waals surface area contributed by atoms with Gasteiger partial charge < -0.3 is 18.0 Å². The van der Waals surface area contributed by atoms with Gasteiger partial charge in [-0.05, 0) is 103 Å². The molecule has 0 bridgehead atoms. The molecule has 0 aliphatic heterocycles. The SMILES string of the molecule is N#Cc1ccc2oc3c(-n4c5ccccc5c5cc(CCCc6cccc7c6oc6ccc(-n8c9ccccc9c9ccccc98)cc67)ccc54)cccc3c2c1. The first-order chi connectivity index (χ1) is 28.2. The summed E-state index contributed by atoms with van der Waals surface area (Å²) in [5.74, 6) is 0. The fourth-order valence-electron chi connectivity index (χ4n) is 9.33. The lowest BCUT2D eigenvalue weighted by Gasteiger charge is -2.09. The summed E-state index contributed by atoms with van der Waals surface area (Å²) in [6, 6.07) is 60.1. The second kappa shape index (κ2) is 12.2. The second-order valence-electron chi connectivity index (χ2n) is 15.1. The van der Waals surface area contributed by atoms with Crippen LogP contribution in [0.2, 0.25) is 0 Å². The standard InChI is InChI=1S/C52H33N3O2/c53-31-33-23-26-49-42(29-33)40-17-9-21-48(52(40)57-49)55-46-20-6-3-15-38(46)41-28-32(22-25-47(41)55)10-7-11-34-12-8-16-39-43-30-35(24-27-50(43)56-51(34)39)54-44-18-4-1-13-36(44)37-14-2-5-19-45(37)54/h1-6,8-9,12-30H,7,10-11H2. The Morgan fingerprint density at radius 2 is 1.04 bits per heavy atom. The minimum absolute atomic E-state index is 0.624. The third kappa shape index (κ3) is 4.74. The summed E-state index contributed by atoms with van der Waals surface area (Å²) in [7, 11) is 0. The Bertz CT molecular complexity index is 3590. The predicted molar refractivity (Wildman–Crippen MR) is 233 cm³/mol. The maximum Gasteiger partial charge on any atom is 0.159 e. The summed E-state index contributed by atoms with van der Waals surface area (Å²) in [4.78, 5) is 0. The van der Waals surface area contributed by atoms with Gasteiger partial charge in [0.1, 0.15) is 16.7 Å². The Morgan fingerprint density at radius 1 is 0.439 bits per heavy atom. The van der Waals surface area contributed by atoms with Crippen LogP contribution >= 0.6 is 0 Å². The van der Waals surface area contributed by atoms with Crippen LogP contribution in [0.3, 0.4) is 0 Å². The highest BCUT2D eigenvalue weighted by Crippen LogP contribution is 2.40. The molecule has 12 aromatic rings. The van der Waals surface area contributed by atoms with Gasteiger partial charge in [0.25, 0.3) is 0 Å². The molecule has 0 unspecified atom stereocenters. The Labute approximate surface area is 326 Å². The molecule has 0 fully saturated rings. The van der Waals surface area contributed by atoms with Crippen LogP contribution in [0.15, 0.2) is 173 Å². The third-order valence-corrected chi connectivity index (χ3v) is 11.9. The van der Waals surface area contributed by atoms with Crippen molar-refractivity contribution in [2.75, 3.05) is 0 Å². The number of benzene rings is 8. The molecule has 0 spiro atoms. The van der Waals surface area contributed by atoms with Crippen molar-refractivity contribution in [3.8, 4) is 17.4 Å². The van der Waals surface area contributed by atoms with Gasteiger partial charge >= 0.3 is 0 Å². The van der Waals surface area contributed by atoms with E-state index in [1.807, 2.05) is 18.2 Å². The van der Waals surface area contributed by atoms with Crippen molar-refractivity contribution in [3.05, 3.63) is 180 Å². The van der Waals surface area contributed by atoms with E-state index in [9.17, 15) is 5.26 Å². The zero-order chi connectivity index (χ0) is 37.6. The molecule has 12 rings (SSSR count). The zero-order valence-electron chi connectivity index (χ0n) is 30.9. The van der Waals surface area contributed by atoms with Crippen molar-refractivity contribution < 1.29 is 8.83 Å². The number of hydrogen-bond acceptors (Lipinski definition) is 3. The number of aryl methyl sites for hydroxylation is 2. The van der Waals surface area contributed by atoms with Crippen LogP contribution in [0.25, 0.3) is 98.9 Å². The lowest BCUT2D eigenvalue weighted by molar-refractivity contribution is 0.659. The predicted octanol–water partition coefficient (Wildman–Crippen LogP) is 13.7. The Balaban J connectivity index is 0.879. The van der Waals surface area contributed by atoms with Crippen LogP contribution in [0.5, 0.6) is 0 Å². The van der Waals surface area contributed by atoms with Crippen molar-refractivity contribution in [2.24, 2.45) is 0 Å². The van der Waals surface area contributed by atoms with E-state index >= 15 is 0 Å². The van der Waals surface area contributed by atoms with E-state index in [0.29, 0.717) is 5.56 Å². The summed E-state index contributed by atoms with van der Waals surface area (Å²) in [6.45, 7) is 0. The van der Waals surface area contributed by atoms with Gasteiger partial charge in [-0.1, -0.05) is 91.0 Å². The molecule has 0 aliphatic carbocycles. The molecular weight excluding hydrogens is 699 g/mol. The van der Waals surface area contributed by atoms with E-state index in [2.05, 4.69) is 161 Å². The highest BCUT2D eigenvalue weighted by Gasteiger charge is 2.19. The van der Waals surface area contributed by atoms with Crippen molar-refractivity contribution in [1.29, 1.82) is 5.26 Å². The maximum absolute atomic E-state index is 9.55. The summed E-state index contributed by atoms with van der Waals surface area (Å²) >= 11 is 0. The highest BCUT2D eigenvalue weighted by molar-refractivity contribution is 6.13. The molecule has 0 aliphatic rings. The quantitative estimate of drug-likeness (QED) is 0.171. The first-order valence-electron chi connectivity index (χ1n) is 19.5. The summed E-state index contributed by atoms with van der Waals surface area (Å²) < 4.78 is 17.8. The summed E-state index contributed by atoms with van der Waals surface area (Å²) in [6.07, 6.45) is 2.86. The molecule has 4 aromatic heterocycles. The van der Waals surface area contributed by atoms with E-state index in [4.69, 9.17) is 8.83 Å². The molecule has 0 radical (unpaired) electrons. The van der Waals surface area contributed by atoms with Gasteiger partial charge in [0.15, 0.2) is 5.58 Å². The molecular formula is C52H33N3O2. The average Bonchev–Trinajstić information content (AvgIpc) is 4.01. The molecule has 5 heteroatoms. The van der Waals surface area contributed by atoms with Gasteiger partial charge in [0, 0.05) is 48.8 Å². The van der Waals surface area contributed by atoms with Gasteiger partial charge in [0.2, 0.25) is 0 Å². The largest absolute Gasteiger partial charge is 0.456 e. The fraction of sp³-hybridized carbons (Fsp3) is 0.0577. The van der Waals surface area contributed by atoms with Crippen LogP contribution in [0, 0.1) is 11.3 Å². The number of nitriles is 1. The van der Waals surface area contributed by atoms with E-state index in [0.717, 1.165) is 85.5 Å². The normalized spacial score (nSPS) is 12.1. The fourth-order valence-corrected chi connectivity index (χ4v) is 9.33. The molecule has 0 N–H and O–H groups in total. The minimum atomic E-state index is 0.624. The molecule has 0 saturated carbocycles. The summed E-state index contributed by atoms with van der Waals surface area (Å²) in [5.41, 5.74) is 13.5. The molecule has 5 nitrogen and oxygen atoms in total. The number of rotatable bonds is 6. The van der Waals surface area contributed by atoms with Crippen molar-refractivity contribution in [2.45, 2.75) is 19.3 Å². The first-order valence-corrected chi connectivity index (χ1v) is 19.5. The average molecular weight is 732 g/mol. The Morgan fingerprint density at radius 3 is 1.79 bits per heavy atom. The first kappa shape index (κ1) is 31.8. The molecule has 268 valence electrons. The molecule has 0 saturated heterocycles. The summed E-state index contributed by atoms with van der Waals surface area (Å²) in [5, 5.41) is 18.8. The van der Waals surface area contributed by atoms with Crippen LogP contribution in [0.1, 0.15) is 23.1 Å². The van der Waals surface area contributed by atoms with Gasteiger partial charge in [-0.2, -0.15) is 5.26 Å². The highest BCUT2D eigenvalue weighted by atomic mass is 16.3. The Kier molecular flexibility index (Phi) is 6.81. The van der Waals surface area contributed by atoms with Gasteiger partial charge in [-0.15, -0.1) is 0 Å². The zero-order valence-corrected chi connectivity index (χ0v) is 30.9. The molecule has 57 heavy (non-hydrogen) atoms. The second-order valence-corrected chi connectivity index (χ2v) is 15.1. The van der Waals surface area contributed by atoms with Crippen LogP contribution in [-0.4, -0.2) is 9.13 Å². The van der Waals surface area contributed by atoms with E-state index in [1.54, 1.807) is 0 Å². The number of para-hydroxylation sites is 5. The van der Waals surface area contributed by atoms with E-state index < -0.39 is 0 Å². The molecule has 4 heterocycles. The topological polar surface area (TPSA) is 59.9 Å². The lowest BCUT2D eigenvalue weighted by atomic mass is 10.0. The van der Waals surface area contributed by atoms with Crippen molar-refractivity contribution in [3.63, 3.8) is 0 Å². The minimum Gasteiger partial charge on any atom is -0.456 e. The Hall–Kier alpha value is -7.55. The monoisotopic (exact) mass is 731 g/mol. The maximum atomic E-state index is 9.55. The number of aromatic nitrogens is 2. The van der Waals surface area contributed by atoms with Crippen LogP contribution < -0.4 is 0 Å². The number of furan rings is 2. The van der Waals surface area contributed by atoms with Crippen LogP contribution in [0.4, 0.5) is 0 Å². The van der Waals surface area contributed by atoms with Crippen molar-refractivity contribution in [1.82, 2.24) is 9.13 Å². The van der Waals surface area contributed by atoms with Crippen LogP contribution in [-0.2, 0) is 12.8 Å². The van der Waals surface area contributed by atoms with Gasteiger partial charge in [0.05, 0.1) is 39.4 Å². The third-order valence-electron chi connectivity index (χ3n) is 11.9. The van der Waals surface area contributed by atoms with E-state index in [1.165, 1.54) is 43.7 Å². The number of hydrogen-bond donors (Lipinski definition) is 0. The van der Waals surface area contributed by atoms with Gasteiger partial charge in [-0.3, -0.25) is 0 Å². The number of nitrogens with zero attached hydrogens (tertiary/aromatic N) is 3. The molecule has 8 aromatic carbocycles. The van der Waals surface area contributed by atoms with Gasteiger partial charge in [-0.25, -0.2) is 0 Å². The molecule has 0 amide bonds. The number of fused-ring (bicyclic) bond motifs is 12. The smallest absolute Gasteiger partial charge is 0.159 e. The van der Waals surface area contributed by atoms with E-state index in [-0.39, 0.29) is 0 Å². The lowest BCUT2D eigenvalue weighted by Crippen LogP contribution is -1.95.